The van der Waals surface area contributed by atoms with Gasteiger partial charge in [-0.05, 0) is 57.4 Å². The molecule has 1 aromatic rings. The molecule has 2 unspecified atom stereocenters. The Hall–Kier alpha value is -2.41. The number of hydrogen-bond acceptors (Lipinski definition) is 7. The van der Waals surface area contributed by atoms with Gasteiger partial charge in [0.2, 0.25) is 5.88 Å². The molecule has 1 aliphatic rings. The fraction of sp³-hybridized carbons (Fsp3) is 0.565. The smallest absolute Gasteiger partial charge is 0.222 e. The summed E-state index contributed by atoms with van der Waals surface area (Å²) in [6, 6.07) is 1.83. The number of pyridine rings is 1. The lowest BCUT2D eigenvalue weighted by Gasteiger charge is -2.30. The van der Waals surface area contributed by atoms with Crippen LogP contribution < -0.4 is 15.4 Å². The van der Waals surface area contributed by atoms with Crippen molar-refractivity contribution < 1.29 is 9.53 Å². The molecular weight excluding hydrogens is 414 g/mol. The zero-order valence-corrected chi connectivity index (χ0v) is 19.5. The SMILES string of the molecule is C=N/N=C(\CCC1CCCC(CN/C(C=O)=C(\C)NC)C1)c1cc(Cl)cnc1OCC. The highest BCUT2D eigenvalue weighted by Gasteiger charge is 2.23. The predicted octanol–water partition coefficient (Wildman–Crippen LogP) is 4.36. The lowest BCUT2D eigenvalue weighted by atomic mass is 9.78. The summed E-state index contributed by atoms with van der Waals surface area (Å²) < 4.78 is 5.66. The van der Waals surface area contributed by atoms with E-state index in [0.29, 0.717) is 35.0 Å². The van der Waals surface area contributed by atoms with Crippen LogP contribution in [-0.4, -0.2) is 43.9 Å². The van der Waals surface area contributed by atoms with Gasteiger partial charge < -0.3 is 15.4 Å². The van der Waals surface area contributed by atoms with Crippen LogP contribution in [0.5, 0.6) is 5.88 Å². The van der Waals surface area contributed by atoms with Crippen LogP contribution in [0.4, 0.5) is 0 Å². The molecule has 1 fully saturated rings. The van der Waals surface area contributed by atoms with Crippen LogP contribution >= 0.6 is 11.6 Å². The van der Waals surface area contributed by atoms with E-state index in [1.165, 1.54) is 19.3 Å². The van der Waals surface area contributed by atoms with E-state index < -0.39 is 0 Å². The average molecular weight is 448 g/mol. The number of nitrogens with zero attached hydrogens (tertiary/aromatic N) is 3. The van der Waals surface area contributed by atoms with Crippen LogP contribution in [-0.2, 0) is 4.79 Å². The molecule has 1 aromatic heterocycles. The van der Waals surface area contributed by atoms with Gasteiger partial charge in [-0.25, -0.2) is 4.98 Å². The second kappa shape index (κ2) is 13.1. The average Bonchev–Trinajstić information content (AvgIpc) is 2.78. The maximum Gasteiger partial charge on any atom is 0.222 e. The second-order valence-electron chi connectivity index (χ2n) is 7.85. The van der Waals surface area contributed by atoms with Crippen LogP contribution in [0.3, 0.4) is 0 Å². The van der Waals surface area contributed by atoms with Gasteiger partial charge in [0.15, 0.2) is 6.29 Å². The van der Waals surface area contributed by atoms with E-state index in [1.54, 1.807) is 6.20 Å². The second-order valence-corrected chi connectivity index (χ2v) is 8.29. The Morgan fingerprint density at radius 2 is 2.19 bits per heavy atom. The lowest BCUT2D eigenvalue weighted by molar-refractivity contribution is -0.105. The Morgan fingerprint density at radius 3 is 2.87 bits per heavy atom. The molecule has 0 saturated heterocycles. The van der Waals surface area contributed by atoms with Gasteiger partial charge in [-0.3, -0.25) is 4.79 Å². The van der Waals surface area contributed by atoms with Crippen molar-refractivity contribution in [3.05, 3.63) is 34.2 Å². The highest BCUT2D eigenvalue weighted by atomic mass is 35.5. The van der Waals surface area contributed by atoms with Gasteiger partial charge in [0.05, 0.1) is 28.6 Å². The third-order valence-corrected chi connectivity index (χ3v) is 5.97. The van der Waals surface area contributed by atoms with E-state index in [-0.39, 0.29) is 0 Å². The van der Waals surface area contributed by atoms with Crippen molar-refractivity contribution in [3.8, 4) is 5.88 Å². The van der Waals surface area contributed by atoms with Crippen LogP contribution in [0, 0.1) is 11.8 Å². The van der Waals surface area contributed by atoms with Crippen molar-refractivity contribution in [2.24, 2.45) is 22.0 Å². The van der Waals surface area contributed by atoms with Crippen LogP contribution in [0.1, 0.15) is 57.9 Å². The highest BCUT2D eigenvalue weighted by Crippen LogP contribution is 2.33. The first-order valence-corrected chi connectivity index (χ1v) is 11.3. The molecule has 170 valence electrons. The van der Waals surface area contributed by atoms with Crippen molar-refractivity contribution in [1.82, 2.24) is 15.6 Å². The minimum atomic E-state index is 0.512. The molecule has 8 heteroatoms. The Bertz CT molecular complexity index is 809. The number of aldehydes is 1. The third-order valence-electron chi connectivity index (χ3n) is 5.76. The Labute approximate surface area is 190 Å². The fourth-order valence-corrected chi connectivity index (χ4v) is 4.21. The number of nitrogens with one attached hydrogen (secondary N) is 2. The summed E-state index contributed by atoms with van der Waals surface area (Å²) in [5, 5.41) is 14.9. The van der Waals surface area contributed by atoms with Crippen LogP contribution in [0.2, 0.25) is 5.02 Å². The van der Waals surface area contributed by atoms with Gasteiger partial charge >= 0.3 is 0 Å². The Morgan fingerprint density at radius 1 is 1.42 bits per heavy atom. The molecule has 2 N–H and O–H groups in total. The van der Waals surface area contributed by atoms with Gasteiger partial charge in [-0.1, -0.05) is 24.4 Å². The maximum atomic E-state index is 11.3. The summed E-state index contributed by atoms with van der Waals surface area (Å²) in [7, 11) is 1.82. The highest BCUT2D eigenvalue weighted by molar-refractivity contribution is 6.31. The van der Waals surface area contributed by atoms with E-state index in [9.17, 15) is 4.79 Å². The normalized spacial score (nSPS) is 19.9. The summed E-state index contributed by atoms with van der Waals surface area (Å²) in [6.45, 7) is 8.66. The fourth-order valence-electron chi connectivity index (χ4n) is 4.05. The number of rotatable bonds is 12. The van der Waals surface area contributed by atoms with Crippen molar-refractivity contribution in [2.45, 2.75) is 52.4 Å². The molecule has 7 nitrogen and oxygen atoms in total. The molecule has 0 spiro atoms. The van der Waals surface area contributed by atoms with E-state index in [2.05, 4.69) is 32.5 Å². The largest absolute Gasteiger partial charge is 0.477 e. The molecule has 0 bridgehead atoms. The molecule has 0 aliphatic heterocycles. The molecule has 0 amide bonds. The Kier molecular flexibility index (Phi) is 10.5. The topological polar surface area (TPSA) is 88.0 Å². The third kappa shape index (κ3) is 7.65. The number of ether oxygens (including phenoxy) is 1. The van der Waals surface area contributed by atoms with Gasteiger partial charge in [0, 0.05) is 32.2 Å². The first-order valence-electron chi connectivity index (χ1n) is 10.9. The molecular formula is C23H34ClN5O2. The first kappa shape index (κ1) is 24.9. The monoisotopic (exact) mass is 447 g/mol. The van der Waals surface area contributed by atoms with Gasteiger partial charge in [0.25, 0.3) is 0 Å². The number of carbonyl (C=O) groups is 1. The zero-order valence-electron chi connectivity index (χ0n) is 18.8. The zero-order chi connectivity index (χ0) is 22.6. The summed E-state index contributed by atoms with van der Waals surface area (Å²) in [4.78, 5) is 15.6. The number of hydrogen-bond donors (Lipinski definition) is 2. The Balaban J connectivity index is 2.00. The van der Waals surface area contributed by atoms with E-state index in [1.807, 2.05) is 27.0 Å². The standard InChI is InChI=1S/C23H34ClN5O2/c1-5-31-23-20(12-19(24)14-28-23)21(29-26-4)10-9-17-7-6-8-18(11-17)13-27-22(15-30)16(2)25-3/h12,14-15,17-18,25,27H,4-11,13H2,1-3H3/b22-16+,29-21+. The molecule has 31 heavy (non-hydrogen) atoms. The minimum Gasteiger partial charge on any atom is -0.477 e. The summed E-state index contributed by atoms with van der Waals surface area (Å²) >= 11 is 6.17. The van der Waals surface area contributed by atoms with E-state index in [0.717, 1.165) is 49.1 Å². The van der Waals surface area contributed by atoms with E-state index in [4.69, 9.17) is 16.3 Å². The van der Waals surface area contributed by atoms with E-state index >= 15 is 0 Å². The van der Waals surface area contributed by atoms with Gasteiger partial charge in [-0.15, -0.1) is 0 Å². The van der Waals surface area contributed by atoms with Crippen molar-refractivity contribution in [2.75, 3.05) is 20.2 Å². The van der Waals surface area contributed by atoms with Crippen molar-refractivity contribution in [3.63, 3.8) is 0 Å². The van der Waals surface area contributed by atoms with Crippen molar-refractivity contribution in [1.29, 1.82) is 0 Å². The van der Waals surface area contributed by atoms with Crippen LogP contribution in [0.25, 0.3) is 0 Å². The molecule has 1 saturated carbocycles. The number of carbonyl (C=O) groups excluding carboxylic acids is 1. The predicted molar refractivity (Wildman–Crippen MR) is 127 cm³/mol. The number of allylic oxidation sites excluding steroid dienone is 2. The van der Waals surface area contributed by atoms with Crippen molar-refractivity contribution >= 4 is 30.3 Å². The molecule has 0 aromatic carbocycles. The molecule has 2 rings (SSSR count). The van der Waals surface area contributed by atoms with Gasteiger partial charge in [0.1, 0.15) is 0 Å². The first-order chi connectivity index (χ1) is 15.0. The number of aromatic nitrogens is 1. The summed E-state index contributed by atoms with van der Waals surface area (Å²) in [6.07, 6.45) is 8.90. The van der Waals surface area contributed by atoms with Gasteiger partial charge in [-0.2, -0.15) is 10.2 Å². The maximum absolute atomic E-state index is 11.3. The quantitative estimate of drug-likeness (QED) is 0.215. The molecule has 1 heterocycles. The molecule has 0 radical (unpaired) electrons. The lowest BCUT2D eigenvalue weighted by Crippen LogP contribution is -2.29. The molecule has 1 aliphatic carbocycles. The minimum absolute atomic E-state index is 0.512. The number of halogens is 1. The summed E-state index contributed by atoms with van der Waals surface area (Å²) in [5.74, 6) is 1.66. The summed E-state index contributed by atoms with van der Waals surface area (Å²) in [5.41, 5.74) is 3.07. The van der Waals surface area contributed by atoms with Crippen LogP contribution in [0.15, 0.2) is 33.9 Å². The molecule has 2 atom stereocenters.